The fraction of sp³-hybridized carbons (Fsp3) is 1.00. The van der Waals surface area contributed by atoms with Gasteiger partial charge in [0.1, 0.15) is 0 Å². The van der Waals surface area contributed by atoms with Gasteiger partial charge < -0.3 is 10.1 Å². The van der Waals surface area contributed by atoms with Crippen molar-refractivity contribution >= 4 is 0 Å². The molecule has 0 aliphatic heterocycles. The first-order valence-corrected chi connectivity index (χ1v) is 4.28. The Labute approximate surface area is 80.6 Å². The summed E-state index contributed by atoms with van der Waals surface area (Å²) in [6.45, 7) is 1.05. The molecule has 2 nitrogen and oxygen atoms in total. The second kappa shape index (κ2) is 6.19. The Bertz CT molecular complexity index is 154. The molecule has 1 N–H and O–H groups in total. The summed E-state index contributed by atoms with van der Waals surface area (Å²) in [6.07, 6.45) is -3.11. The minimum atomic E-state index is -3.96. The van der Waals surface area contributed by atoms with Crippen LogP contribution in [0.15, 0.2) is 0 Å². The number of halogens is 4. The number of ether oxygens (including phenoxy) is 1. The maximum Gasteiger partial charge on any atom is 0.319 e. The lowest BCUT2D eigenvalue weighted by molar-refractivity contribution is -0.126. The summed E-state index contributed by atoms with van der Waals surface area (Å²) in [7, 11) is 1.49. The van der Waals surface area contributed by atoms with Gasteiger partial charge in [0.15, 0.2) is 0 Å². The molecule has 0 aromatic heterocycles. The fourth-order valence-electron chi connectivity index (χ4n) is 0.784. The van der Waals surface area contributed by atoms with Crippen LogP contribution in [-0.4, -0.2) is 38.7 Å². The Morgan fingerprint density at radius 2 is 1.93 bits per heavy atom. The van der Waals surface area contributed by atoms with Gasteiger partial charge in [-0.1, -0.05) is 0 Å². The first-order valence-electron chi connectivity index (χ1n) is 4.28. The molecule has 0 fully saturated rings. The molecular weight excluding hydrogens is 202 g/mol. The van der Waals surface area contributed by atoms with Crippen molar-refractivity contribution in [1.29, 1.82) is 0 Å². The minimum absolute atomic E-state index is 0.264. The van der Waals surface area contributed by atoms with Crippen LogP contribution in [0.25, 0.3) is 0 Å². The van der Waals surface area contributed by atoms with Crippen LogP contribution in [0.3, 0.4) is 0 Å². The number of rotatable bonds is 7. The zero-order chi connectivity index (χ0) is 11.2. The van der Waals surface area contributed by atoms with Gasteiger partial charge in [-0.3, -0.25) is 0 Å². The van der Waals surface area contributed by atoms with Crippen LogP contribution in [-0.2, 0) is 4.74 Å². The number of nitrogens with one attached hydrogen (secondary N) is 1. The number of alkyl halides is 4. The Morgan fingerprint density at radius 1 is 1.36 bits per heavy atom. The zero-order valence-corrected chi connectivity index (χ0v) is 8.20. The highest BCUT2D eigenvalue weighted by molar-refractivity contribution is 4.74. The monoisotopic (exact) mass is 217 g/mol. The Kier molecular flexibility index (Phi) is 6.03. The summed E-state index contributed by atoms with van der Waals surface area (Å²) < 4.78 is 52.9. The molecule has 0 aromatic carbocycles. The molecule has 0 bridgehead atoms. The van der Waals surface area contributed by atoms with Crippen LogP contribution in [0.2, 0.25) is 0 Å². The van der Waals surface area contributed by atoms with E-state index in [4.69, 9.17) is 4.74 Å². The molecule has 0 aliphatic carbocycles. The second-order valence-electron chi connectivity index (χ2n) is 3.13. The Morgan fingerprint density at radius 3 is 2.36 bits per heavy atom. The van der Waals surface area contributed by atoms with Gasteiger partial charge in [-0.15, -0.1) is 0 Å². The van der Waals surface area contributed by atoms with Gasteiger partial charge in [-0.05, 0) is 13.3 Å². The van der Waals surface area contributed by atoms with Crippen molar-refractivity contribution in [2.24, 2.45) is 0 Å². The van der Waals surface area contributed by atoms with E-state index in [0.717, 1.165) is 0 Å². The van der Waals surface area contributed by atoms with Crippen molar-refractivity contribution < 1.29 is 22.3 Å². The van der Waals surface area contributed by atoms with Crippen LogP contribution in [0.1, 0.15) is 13.3 Å². The molecular formula is C8H15F4NO. The van der Waals surface area contributed by atoms with Gasteiger partial charge in [0.05, 0.1) is 6.54 Å². The molecule has 1 unspecified atom stereocenters. The lowest BCUT2D eigenvalue weighted by Gasteiger charge is -2.19. The molecule has 0 rings (SSSR count). The largest absolute Gasteiger partial charge is 0.385 e. The van der Waals surface area contributed by atoms with Gasteiger partial charge in [-0.25, -0.2) is 8.78 Å². The van der Waals surface area contributed by atoms with Crippen LogP contribution in [0.5, 0.6) is 0 Å². The molecule has 0 aromatic rings. The van der Waals surface area contributed by atoms with E-state index in [0.29, 0.717) is 13.0 Å². The molecule has 1 atom stereocenters. The summed E-state index contributed by atoms with van der Waals surface area (Å²) in [4.78, 5) is 0. The number of methoxy groups -OCH3 is 1. The standard InChI is InChI=1S/C8H15F4NO/c1-6(3-4-14-2)13-5-8(11,12)7(9)10/h6-7,13H,3-5H2,1-2H3. The highest BCUT2D eigenvalue weighted by Gasteiger charge is 2.40. The molecule has 6 heteroatoms. The lowest BCUT2D eigenvalue weighted by atomic mass is 10.2. The van der Waals surface area contributed by atoms with Crippen LogP contribution in [0, 0.1) is 0 Å². The van der Waals surface area contributed by atoms with Crippen LogP contribution in [0.4, 0.5) is 17.6 Å². The van der Waals surface area contributed by atoms with Gasteiger partial charge >= 0.3 is 12.3 Å². The summed E-state index contributed by atoms with van der Waals surface area (Å²) in [5, 5.41) is 2.33. The van der Waals surface area contributed by atoms with Gasteiger partial charge in [0, 0.05) is 19.8 Å². The quantitative estimate of drug-likeness (QED) is 0.657. The van der Waals surface area contributed by atoms with E-state index in [1.807, 2.05) is 0 Å². The molecule has 0 spiro atoms. The van der Waals surface area contributed by atoms with Crippen molar-refractivity contribution in [1.82, 2.24) is 5.32 Å². The van der Waals surface area contributed by atoms with Gasteiger partial charge in [0.25, 0.3) is 0 Å². The average Bonchev–Trinajstić information content (AvgIpc) is 2.11. The Hall–Kier alpha value is -0.360. The first-order chi connectivity index (χ1) is 6.40. The van der Waals surface area contributed by atoms with E-state index < -0.39 is 18.9 Å². The average molecular weight is 217 g/mol. The SMILES string of the molecule is COCCC(C)NCC(F)(F)C(F)F. The lowest BCUT2D eigenvalue weighted by Crippen LogP contribution is -2.42. The molecule has 0 radical (unpaired) electrons. The van der Waals surface area contributed by atoms with E-state index in [-0.39, 0.29) is 6.04 Å². The van der Waals surface area contributed by atoms with E-state index in [1.165, 1.54) is 7.11 Å². The maximum atomic E-state index is 12.4. The third kappa shape index (κ3) is 5.39. The van der Waals surface area contributed by atoms with Gasteiger partial charge in [-0.2, -0.15) is 8.78 Å². The zero-order valence-electron chi connectivity index (χ0n) is 8.20. The van der Waals surface area contributed by atoms with Crippen molar-refractivity contribution in [3.8, 4) is 0 Å². The van der Waals surface area contributed by atoms with Crippen molar-refractivity contribution in [2.45, 2.75) is 31.7 Å². The van der Waals surface area contributed by atoms with E-state index in [2.05, 4.69) is 5.32 Å². The topological polar surface area (TPSA) is 21.3 Å². The molecule has 0 amide bonds. The second-order valence-corrected chi connectivity index (χ2v) is 3.13. The summed E-state index contributed by atoms with van der Waals surface area (Å²) >= 11 is 0. The number of hydrogen-bond acceptors (Lipinski definition) is 2. The third-order valence-corrected chi connectivity index (χ3v) is 1.76. The maximum absolute atomic E-state index is 12.4. The fourth-order valence-corrected chi connectivity index (χ4v) is 0.784. The first kappa shape index (κ1) is 13.6. The van der Waals surface area contributed by atoms with Crippen molar-refractivity contribution in [3.05, 3.63) is 0 Å². The van der Waals surface area contributed by atoms with Crippen molar-refractivity contribution in [2.75, 3.05) is 20.3 Å². The summed E-state index contributed by atoms with van der Waals surface area (Å²) in [6, 6.07) is -0.264. The number of hydrogen-bond donors (Lipinski definition) is 1. The van der Waals surface area contributed by atoms with Gasteiger partial charge in [0.2, 0.25) is 0 Å². The normalized spacial score (nSPS) is 14.8. The summed E-state index contributed by atoms with van der Waals surface area (Å²) in [5.74, 6) is -3.96. The van der Waals surface area contributed by atoms with E-state index in [1.54, 1.807) is 6.92 Å². The molecule has 0 saturated heterocycles. The molecule has 86 valence electrons. The molecule has 0 aliphatic rings. The van der Waals surface area contributed by atoms with Crippen molar-refractivity contribution in [3.63, 3.8) is 0 Å². The highest BCUT2D eigenvalue weighted by Crippen LogP contribution is 2.21. The highest BCUT2D eigenvalue weighted by atomic mass is 19.3. The molecule has 0 heterocycles. The summed E-state index contributed by atoms with van der Waals surface area (Å²) in [5.41, 5.74) is 0. The van der Waals surface area contributed by atoms with Crippen LogP contribution < -0.4 is 5.32 Å². The molecule has 0 saturated carbocycles. The predicted octanol–water partition coefficient (Wildman–Crippen LogP) is 1.90. The minimum Gasteiger partial charge on any atom is -0.385 e. The predicted molar refractivity (Wildman–Crippen MR) is 44.9 cm³/mol. The van der Waals surface area contributed by atoms with E-state index in [9.17, 15) is 17.6 Å². The molecule has 14 heavy (non-hydrogen) atoms. The smallest absolute Gasteiger partial charge is 0.319 e. The Balaban J connectivity index is 3.70. The van der Waals surface area contributed by atoms with Crippen LogP contribution >= 0.6 is 0 Å². The third-order valence-electron chi connectivity index (χ3n) is 1.76. The van der Waals surface area contributed by atoms with E-state index >= 15 is 0 Å².